The first kappa shape index (κ1) is 7.04. The van der Waals surface area contributed by atoms with Gasteiger partial charge in [0, 0.05) is 0 Å². The SMILES string of the molecule is CC=CC=C[CH]=[W]. The van der Waals surface area contributed by atoms with Crippen molar-refractivity contribution in [1.29, 1.82) is 0 Å². The van der Waals surface area contributed by atoms with Crippen LogP contribution in [-0.2, 0) is 19.4 Å². The molecule has 0 bridgehead atoms. The third kappa shape index (κ3) is 6.04. The molecule has 1 heteroatoms. The number of allylic oxidation sites excluding steroid dienone is 4. The Hall–Kier alpha value is 0.0383. The molecule has 0 aromatic heterocycles. The average Bonchev–Trinajstić information content (AvgIpc) is 1.69. The Balaban J connectivity index is 3.27. The summed E-state index contributed by atoms with van der Waals surface area (Å²) >= 11 is 1.50. The third-order valence-corrected chi connectivity index (χ3v) is 1.06. The summed E-state index contributed by atoms with van der Waals surface area (Å²) in [5.74, 6) is 0. The van der Waals surface area contributed by atoms with Gasteiger partial charge in [0.05, 0.1) is 0 Å². The van der Waals surface area contributed by atoms with Crippen LogP contribution in [0.1, 0.15) is 6.92 Å². The molecule has 0 atom stereocenters. The molecular weight excluding hydrogens is 256 g/mol. The van der Waals surface area contributed by atoms with Gasteiger partial charge in [-0.1, -0.05) is 0 Å². The van der Waals surface area contributed by atoms with Crippen LogP contribution in [0.4, 0.5) is 0 Å². The molecule has 0 aliphatic carbocycles. The van der Waals surface area contributed by atoms with Gasteiger partial charge in [-0.3, -0.25) is 0 Å². The predicted octanol–water partition coefficient (Wildman–Crippen LogP) is 1.47. The second kappa shape index (κ2) is 6.04. The van der Waals surface area contributed by atoms with Crippen LogP contribution < -0.4 is 0 Å². The first-order chi connectivity index (χ1) is 3.41. The van der Waals surface area contributed by atoms with Crippen molar-refractivity contribution >= 4 is 4.40 Å². The molecule has 0 spiro atoms. The van der Waals surface area contributed by atoms with Crippen LogP contribution in [0.2, 0.25) is 0 Å². The zero-order valence-electron chi connectivity index (χ0n) is 4.29. The minimum absolute atomic E-state index is 1.50. The minimum atomic E-state index is 1.50. The van der Waals surface area contributed by atoms with Gasteiger partial charge in [0.15, 0.2) is 0 Å². The zero-order valence-corrected chi connectivity index (χ0v) is 7.23. The fourth-order valence-corrected chi connectivity index (χ4v) is 0.547. The molecule has 0 fully saturated rings. The Morgan fingerprint density at radius 3 is 2.29 bits per heavy atom. The van der Waals surface area contributed by atoms with E-state index >= 15 is 0 Å². The predicted molar refractivity (Wildman–Crippen MR) is 30.0 cm³/mol. The molecule has 0 aromatic carbocycles. The molecule has 0 N–H and O–H groups in total. The fourth-order valence-electron chi connectivity index (χ4n) is 0.221. The van der Waals surface area contributed by atoms with E-state index in [1.165, 1.54) is 19.4 Å². The molecular formula is C6H8W. The molecule has 0 radical (unpaired) electrons. The van der Waals surface area contributed by atoms with Gasteiger partial charge in [-0.05, 0) is 0 Å². The summed E-state index contributed by atoms with van der Waals surface area (Å²) in [5.41, 5.74) is 0. The summed E-state index contributed by atoms with van der Waals surface area (Å²) in [6.45, 7) is 2.01. The molecule has 0 saturated carbocycles. The monoisotopic (exact) mass is 264 g/mol. The van der Waals surface area contributed by atoms with Crippen LogP contribution >= 0.6 is 0 Å². The van der Waals surface area contributed by atoms with Crippen molar-refractivity contribution in [3.05, 3.63) is 24.3 Å². The van der Waals surface area contributed by atoms with Crippen molar-refractivity contribution < 1.29 is 19.4 Å². The van der Waals surface area contributed by atoms with Gasteiger partial charge >= 0.3 is 55.0 Å². The van der Waals surface area contributed by atoms with Crippen LogP contribution in [0, 0.1) is 0 Å². The number of rotatable bonds is 2. The fraction of sp³-hybridized carbons (Fsp3) is 0.167. The third-order valence-electron chi connectivity index (χ3n) is 0.493. The van der Waals surface area contributed by atoms with Crippen molar-refractivity contribution in [2.75, 3.05) is 0 Å². The van der Waals surface area contributed by atoms with E-state index < -0.39 is 0 Å². The summed E-state index contributed by atoms with van der Waals surface area (Å²) in [6, 6.07) is 0. The van der Waals surface area contributed by atoms with Gasteiger partial charge in [0.1, 0.15) is 0 Å². The Morgan fingerprint density at radius 2 is 1.86 bits per heavy atom. The molecule has 0 unspecified atom stereocenters. The molecule has 38 valence electrons. The normalized spacial score (nSPS) is 11.0. The number of hydrogen-bond acceptors (Lipinski definition) is 0. The first-order valence-corrected chi connectivity index (χ1v) is 3.84. The molecule has 0 aliphatic rings. The van der Waals surface area contributed by atoms with Gasteiger partial charge in [-0.25, -0.2) is 0 Å². The molecule has 0 saturated heterocycles. The second-order valence-corrected chi connectivity index (χ2v) is 2.02. The van der Waals surface area contributed by atoms with Crippen molar-refractivity contribution in [2.24, 2.45) is 0 Å². The van der Waals surface area contributed by atoms with E-state index in [1.54, 1.807) is 0 Å². The zero-order chi connectivity index (χ0) is 5.54. The summed E-state index contributed by atoms with van der Waals surface area (Å²) < 4.78 is 2.08. The van der Waals surface area contributed by atoms with Crippen molar-refractivity contribution in [3.63, 3.8) is 0 Å². The van der Waals surface area contributed by atoms with Gasteiger partial charge < -0.3 is 0 Å². The molecule has 0 aliphatic heterocycles. The van der Waals surface area contributed by atoms with Crippen molar-refractivity contribution in [3.8, 4) is 0 Å². The van der Waals surface area contributed by atoms with Crippen LogP contribution in [-0.4, -0.2) is 4.40 Å². The van der Waals surface area contributed by atoms with Gasteiger partial charge in [0.25, 0.3) is 0 Å². The Bertz CT molecular complexity index is 90.4. The van der Waals surface area contributed by atoms with E-state index in [0.717, 1.165) is 0 Å². The van der Waals surface area contributed by atoms with Gasteiger partial charge in [0.2, 0.25) is 0 Å². The molecule has 0 amide bonds. The standard InChI is InChI=1S/C6H8.W/c1-3-5-6-4-2;/h1,3-6H,2H3;. The maximum absolute atomic E-state index is 2.08. The van der Waals surface area contributed by atoms with E-state index in [2.05, 4.69) is 4.40 Å². The molecule has 0 aromatic rings. The Labute approximate surface area is 55.3 Å². The van der Waals surface area contributed by atoms with Gasteiger partial charge in [-0.2, -0.15) is 0 Å². The number of hydrogen-bond donors (Lipinski definition) is 0. The topological polar surface area (TPSA) is 0 Å². The second-order valence-electron chi connectivity index (χ2n) is 1.05. The van der Waals surface area contributed by atoms with Crippen molar-refractivity contribution in [2.45, 2.75) is 6.92 Å². The van der Waals surface area contributed by atoms with Crippen LogP contribution in [0.15, 0.2) is 24.3 Å². The van der Waals surface area contributed by atoms with E-state index in [-0.39, 0.29) is 0 Å². The maximum atomic E-state index is 2.08. The van der Waals surface area contributed by atoms with E-state index in [1.807, 2.05) is 31.2 Å². The van der Waals surface area contributed by atoms with E-state index in [0.29, 0.717) is 0 Å². The summed E-state index contributed by atoms with van der Waals surface area (Å²) in [4.78, 5) is 0. The van der Waals surface area contributed by atoms with Crippen LogP contribution in [0.3, 0.4) is 0 Å². The Kier molecular flexibility index (Phi) is 6.07. The average molecular weight is 264 g/mol. The van der Waals surface area contributed by atoms with E-state index in [4.69, 9.17) is 0 Å². The van der Waals surface area contributed by atoms with Crippen molar-refractivity contribution in [1.82, 2.24) is 0 Å². The molecule has 0 heterocycles. The summed E-state index contributed by atoms with van der Waals surface area (Å²) in [7, 11) is 0. The van der Waals surface area contributed by atoms with E-state index in [9.17, 15) is 0 Å². The van der Waals surface area contributed by atoms with Gasteiger partial charge in [-0.15, -0.1) is 0 Å². The van der Waals surface area contributed by atoms with Crippen LogP contribution in [0.5, 0.6) is 0 Å². The summed E-state index contributed by atoms with van der Waals surface area (Å²) in [6.07, 6.45) is 8.08. The summed E-state index contributed by atoms with van der Waals surface area (Å²) in [5, 5.41) is 0. The molecule has 0 nitrogen and oxygen atoms in total. The molecule has 0 rings (SSSR count). The molecule has 7 heavy (non-hydrogen) atoms. The first-order valence-electron chi connectivity index (χ1n) is 2.15. The quantitative estimate of drug-likeness (QED) is 0.662. The van der Waals surface area contributed by atoms with Crippen LogP contribution in [0.25, 0.3) is 0 Å². The Morgan fingerprint density at radius 1 is 1.14 bits per heavy atom.